The van der Waals surface area contributed by atoms with E-state index in [-0.39, 0.29) is 5.82 Å². The molecule has 0 radical (unpaired) electrons. The minimum absolute atomic E-state index is 0.343. The van der Waals surface area contributed by atoms with Gasteiger partial charge in [-0.05, 0) is 11.6 Å². The Bertz CT molecular complexity index is 621. The van der Waals surface area contributed by atoms with Gasteiger partial charge in [-0.2, -0.15) is 0 Å². The monoisotopic (exact) mass is 282 g/mol. The number of aromatic amines is 1. The number of aromatic carboxylic acids is 1. The summed E-state index contributed by atoms with van der Waals surface area (Å²) in [4.78, 5) is 28.5. The van der Waals surface area contributed by atoms with E-state index in [1.165, 1.54) is 0 Å². The first-order valence-corrected chi connectivity index (χ1v) is 5.57. The number of alkyl halides is 1. The van der Waals surface area contributed by atoms with Crippen LogP contribution in [0.4, 0.5) is 0 Å². The number of nitrogens with zero attached hydrogens (tertiary/aromatic N) is 1. The zero-order valence-corrected chi connectivity index (χ0v) is 9.61. The van der Waals surface area contributed by atoms with Gasteiger partial charge in [0.25, 0.3) is 5.56 Å². The van der Waals surface area contributed by atoms with E-state index >= 15 is 0 Å². The molecule has 2 rings (SSSR count). The number of nitrogens with one attached hydrogen (secondary N) is 1. The molecule has 0 aliphatic carbocycles. The van der Waals surface area contributed by atoms with E-state index < -0.39 is 11.5 Å². The number of rotatable bonds is 2. The van der Waals surface area contributed by atoms with E-state index in [0.717, 1.165) is 5.56 Å². The maximum absolute atomic E-state index is 11.7. The molecule has 2 aromatic rings. The molecule has 0 amide bonds. The number of hydrogen-bond acceptors (Lipinski definition) is 3. The Morgan fingerprint density at radius 3 is 2.88 bits per heavy atom. The lowest BCUT2D eigenvalue weighted by molar-refractivity contribution is 0.0683. The second-order valence-corrected chi connectivity index (χ2v) is 3.73. The molecule has 0 aliphatic rings. The quantitative estimate of drug-likeness (QED) is 0.818. The van der Waals surface area contributed by atoms with Crippen LogP contribution in [-0.2, 0) is 5.33 Å². The molecule has 5 nitrogen and oxygen atoms in total. The highest BCUT2D eigenvalue weighted by atomic mass is 79.9. The Morgan fingerprint density at radius 1 is 1.50 bits per heavy atom. The topological polar surface area (TPSA) is 83.0 Å². The maximum atomic E-state index is 11.7. The van der Waals surface area contributed by atoms with Gasteiger partial charge in [0.1, 0.15) is 0 Å². The van der Waals surface area contributed by atoms with Crippen LogP contribution in [0.1, 0.15) is 16.2 Å². The van der Waals surface area contributed by atoms with Gasteiger partial charge in [0.05, 0.1) is 10.9 Å². The van der Waals surface area contributed by atoms with Crippen molar-refractivity contribution in [2.24, 2.45) is 0 Å². The predicted octanol–water partition coefficient (Wildman–Crippen LogP) is 1.52. The summed E-state index contributed by atoms with van der Waals surface area (Å²) in [6.45, 7) is 0. The Kier molecular flexibility index (Phi) is 2.74. The summed E-state index contributed by atoms with van der Waals surface area (Å²) in [7, 11) is 0. The van der Waals surface area contributed by atoms with Crippen molar-refractivity contribution < 1.29 is 9.90 Å². The lowest BCUT2D eigenvalue weighted by Crippen LogP contribution is -2.16. The molecular formula is C10H7BrN2O3. The molecule has 0 saturated heterocycles. The molecule has 0 spiro atoms. The molecule has 0 unspecified atom stereocenters. The van der Waals surface area contributed by atoms with Gasteiger partial charge in [0.15, 0.2) is 0 Å². The van der Waals surface area contributed by atoms with Crippen LogP contribution in [0.2, 0.25) is 0 Å². The lowest BCUT2D eigenvalue weighted by Gasteiger charge is -2.02. The van der Waals surface area contributed by atoms with Gasteiger partial charge in [-0.1, -0.05) is 28.1 Å². The summed E-state index contributed by atoms with van der Waals surface area (Å²) in [5.41, 5.74) is 0.735. The molecule has 1 aromatic heterocycles. The zero-order valence-electron chi connectivity index (χ0n) is 8.03. The molecule has 2 N–H and O–H groups in total. The Labute approximate surface area is 98.3 Å². The van der Waals surface area contributed by atoms with E-state index in [4.69, 9.17) is 5.11 Å². The van der Waals surface area contributed by atoms with Gasteiger partial charge in [0, 0.05) is 5.33 Å². The number of hydrogen-bond donors (Lipinski definition) is 2. The molecule has 0 aliphatic heterocycles. The standard InChI is InChI=1S/C10H7BrN2O3/c11-4-5-2-1-3-6-7(5)9(14)13-8(12-6)10(15)16/h1-3H,4H2,(H,15,16)(H,12,13,14). The Morgan fingerprint density at radius 2 is 2.25 bits per heavy atom. The van der Waals surface area contributed by atoms with E-state index in [9.17, 15) is 9.59 Å². The fraction of sp³-hybridized carbons (Fsp3) is 0.100. The highest BCUT2D eigenvalue weighted by Gasteiger charge is 2.11. The van der Waals surface area contributed by atoms with Crippen molar-refractivity contribution in [2.75, 3.05) is 0 Å². The molecule has 16 heavy (non-hydrogen) atoms. The van der Waals surface area contributed by atoms with Crippen LogP contribution in [0.3, 0.4) is 0 Å². The fourth-order valence-corrected chi connectivity index (χ4v) is 1.94. The van der Waals surface area contributed by atoms with Gasteiger partial charge in [-0.25, -0.2) is 9.78 Å². The van der Waals surface area contributed by atoms with E-state index in [2.05, 4.69) is 25.9 Å². The van der Waals surface area contributed by atoms with Crippen molar-refractivity contribution in [3.05, 3.63) is 39.9 Å². The molecule has 82 valence electrons. The first-order valence-electron chi connectivity index (χ1n) is 4.44. The summed E-state index contributed by atoms with van der Waals surface area (Å²) in [6.07, 6.45) is 0. The number of benzene rings is 1. The van der Waals surface area contributed by atoms with Gasteiger partial charge in [0.2, 0.25) is 5.82 Å². The highest BCUT2D eigenvalue weighted by Crippen LogP contribution is 2.15. The first kappa shape index (κ1) is 10.8. The van der Waals surface area contributed by atoms with E-state index in [1.54, 1.807) is 18.2 Å². The number of aromatic nitrogens is 2. The highest BCUT2D eigenvalue weighted by molar-refractivity contribution is 9.08. The minimum atomic E-state index is -1.25. The van der Waals surface area contributed by atoms with Crippen molar-refractivity contribution >= 4 is 32.8 Å². The third kappa shape index (κ3) is 1.71. The summed E-state index contributed by atoms with van der Waals surface area (Å²) in [6, 6.07) is 5.13. The van der Waals surface area contributed by atoms with Crippen molar-refractivity contribution in [3.8, 4) is 0 Å². The number of carboxylic acids is 1. The molecule has 1 aromatic carbocycles. The van der Waals surface area contributed by atoms with Crippen LogP contribution in [-0.4, -0.2) is 21.0 Å². The Hall–Kier alpha value is -1.69. The van der Waals surface area contributed by atoms with Crippen LogP contribution < -0.4 is 5.56 Å². The molecular weight excluding hydrogens is 276 g/mol. The Balaban J connectivity index is 2.86. The number of fused-ring (bicyclic) bond motifs is 1. The average molecular weight is 283 g/mol. The maximum Gasteiger partial charge on any atom is 0.372 e. The van der Waals surface area contributed by atoms with Crippen LogP contribution in [0.25, 0.3) is 10.9 Å². The van der Waals surface area contributed by atoms with Crippen LogP contribution in [0.5, 0.6) is 0 Å². The van der Waals surface area contributed by atoms with Gasteiger partial charge < -0.3 is 10.1 Å². The molecule has 6 heteroatoms. The molecule has 0 atom stereocenters. The average Bonchev–Trinajstić information content (AvgIpc) is 2.27. The van der Waals surface area contributed by atoms with Gasteiger partial charge in [-0.3, -0.25) is 4.79 Å². The van der Waals surface area contributed by atoms with Gasteiger partial charge in [-0.15, -0.1) is 0 Å². The van der Waals surface area contributed by atoms with Crippen LogP contribution >= 0.6 is 15.9 Å². The number of halogens is 1. The SMILES string of the molecule is O=C(O)c1nc2cccc(CBr)c2c(=O)[nH]1. The van der Waals surface area contributed by atoms with Crippen molar-refractivity contribution in [1.29, 1.82) is 0 Å². The number of carbonyl (C=O) groups is 1. The van der Waals surface area contributed by atoms with Crippen molar-refractivity contribution in [3.63, 3.8) is 0 Å². The van der Waals surface area contributed by atoms with E-state index in [1.807, 2.05) is 0 Å². The second kappa shape index (κ2) is 4.05. The second-order valence-electron chi connectivity index (χ2n) is 3.16. The summed E-state index contributed by atoms with van der Waals surface area (Å²) >= 11 is 3.26. The molecule has 0 saturated carbocycles. The number of H-pyrrole nitrogens is 1. The molecule has 1 heterocycles. The largest absolute Gasteiger partial charge is 0.475 e. The van der Waals surface area contributed by atoms with Crippen molar-refractivity contribution in [2.45, 2.75) is 5.33 Å². The smallest absolute Gasteiger partial charge is 0.372 e. The van der Waals surface area contributed by atoms with Crippen LogP contribution in [0, 0.1) is 0 Å². The van der Waals surface area contributed by atoms with Crippen molar-refractivity contribution in [1.82, 2.24) is 9.97 Å². The third-order valence-corrected chi connectivity index (χ3v) is 2.77. The molecule has 0 fully saturated rings. The van der Waals surface area contributed by atoms with Crippen LogP contribution in [0.15, 0.2) is 23.0 Å². The number of carboxylic acid groups (broad SMARTS) is 1. The lowest BCUT2D eigenvalue weighted by atomic mass is 10.1. The molecule has 0 bridgehead atoms. The normalized spacial score (nSPS) is 10.6. The van der Waals surface area contributed by atoms with Gasteiger partial charge >= 0.3 is 5.97 Å². The summed E-state index contributed by atoms with van der Waals surface area (Å²) in [5.74, 6) is -1.59. The van der Waals surface area contributed by atoms with E-state index in [0.29, 0.717) is 16.2 Å². The summed E-state index contributed by atoms with van der Waals surface area (Å²) in [5, 5.41) is 9.69. The third-order valence-electron chi connectivity index (χ3n) is 2.17. The zero-order chi connectivity index (χ0) is 11.7. The fourth-order valence-electron chi connectivity index (χ4n) is 1.47. The minimum Gasteiger partial charge on any atom is -0.475 e. The predicted molar refractivity (Wildman–Crippen MR) is 62.0 cm³/mol. The first-order chi connectivity index (χ1) is 7.63. The summed E-state index contributed by atoms with van der Waals surface area (Å²) < 4.78 is 0.